The van der Waals surface area contributed by atoms with Gasteiger partial charge in [-0.2, -0.15) is 11.8 Å². The molecule has 0 aromatic heterocycles. The fourth-order valence-corrected chi connectivity index (χ4v) is 2.59. The van der Waals surface area contributed by atoms with Gasteiger partial charge in [0.05, 0.1) is 11.8 Å². The summed E-state index contributed by atoms with van der Waals surface area (Å²) in [6.45, 7) is 1.63. The van der Waals surface area contributed by atoms with Crippen LogP contribution in [-0.4, -0.2) is 40.3 Å². The molecule has 0 bridgehead atoms. The third-order valence-corrected chi connectivity index (χ3v) is 4.03. The maximum absolute atomic E-state index is 12.2. The number of carbonyl (C=O) groups excluding carboxylic acids is 2. The lowest BCUT2D eigenvalue weighted by atomic mass is 9.94. The molecule has 0 aliphatic rings. The van der Waals surface area contributed by atoms with Crippen molar-refractivity contribution >= 4 is 41.0 Å². The van der Waals surface area contributed by atoms with Crippen molar-refractivity contribution in [2.45, 2.75) is 18.5 Å². The fraction of sp³-hybridized carbons (Fsp3) is 0.357. The number of halogens is 1. The van der Waals surface area contributed by atoms with Gasteiger partial charge >= 0.3 is 5.97 Å². The first-order valence-electron chi connectivity index (χ1n) is 6.35. The highest BCUT2D eigenvalue weighted by Crippen LogP contribution is 2.22. The second kappa shape index (κ2) is 7.62. The molecule has 1 amide bonds. The third kappa shape index (κ3) is 3.79. The molecule has 1 rings (SSSR count). The number of nitrogens with two attached hydrogens (primary N) is 1. The maximum Gasteiger partial charge on any atom is 0.341 e. The van der Waals surface area contributed by atoms with E-state index in [2.05, 4.69) is 5.32 Å². The Morgan fingerprint density at radius 2 is 2.00 bits per heavy atom. The molecule has 0 aliphatic heterocycles. The molecule has 22 heavy (non-hydrogen) atoms. The largest absolute Gasteiger partial charge is 0.479 e. The van der Waals surface area contributed by atoms with Crippen LogP contribution >= 0.6 is 23.4 Å². The Morgan fingerprint density at radius 3 is 2.50 bits per heavy atom. The van der Waals surface area contributed by atoms with E-state index in [1.54, 1.807) is 37.4 Å². The third-order valence-electron chi connectivity index (χ3n) is 3.13. The highest BCUT2D eigenvalue weighted by atomic mass is 35.5. The van der Waals surface area contributed by atoms with Gasteiger partial charge in [0, 0.05) is 5.02 Å². The smallest absolute Gasteiger partial charge is 0.341 e. The zero-order valence-electron chi connectivity index (χ0n) is 12.1. The van der Waals surface area contributed by atoms with Crippen LogP contribution < -0.4 is 11.1 Å². The Labute approximate surface area is 137 Å². The lowest BCUT2D eigenvalue weighted by molar-refractivity contribution is -0.152. The van der Waals surface area contributed by atoms with Crippen molar-refractivity contribution < 1.29 is 19.5 Å². The van der Waals surface area contributed by atoms with Gasteiger partial charge in [-0.15, -0.1) is 0 Å². The standard InChI is InChI=1S/C14H17ClN2O4S/c1-8(9-5-3-4-6-10(9)15)17-12(19)14(16,13(20)21)11(18)7-22-2/h3-6,8H,7,16H2,1-2H3,(H,17,19)(H,20,21). The van der Waals surface area contributed by atoms with Crippen LogP contribution in [0.3, 0.4) is 0 Å². The van der Waals surface area contributed by atoms with Crippen molar-refractivity contribution in [3.05, 3.63) is 34.9 Å². The van der Waals surface area contributed by atoms with Crippen molar-refractivity contribution in [2.75, 3.05) is 12.0 Å². The molecule has 1 aromatic rings. The number of nitrogens with one attached hydrogen (secondary N) is 1. The number of benzene rings is 1. The lowest BCUT2D eigenvalue weighted by Crippen LogP contribution is -2.65. The minimum Gasteiger partial charge on any atom is -0.479 e. The van der Waals surface area contributed by atoms with Crippen LogP contribution in [0.15, 0.2) is 24.3 Å². The summed E-state index contributed by atoms with van der Waals surface area (Å²) < 4.78 is 0. The number of carboxylic acid groups (broad SMARTS) is 1. The molecular weight excluding hydrogens is 328 g/mol. The molecule has 2 unspecified atom stereocenters. The molecular formula is C14H17ClN2O4S. The van der Waals surface area contributed by atoms with Crippen molar-refractivity contribution in [1.82, 2.24) is 5.32 Å². The Balaban J connectivity index is 3.00. The zero-order chi connectivity index (χ0) is 16.9. The number of amides is 1. The number of hydrogen-bond donors (Lipinski definition) is 3. The average Bonchev–Trinajstić information content (AvgIpc) is 2.46. The van der Waals surface area contributed by atoms with Crippen molar-refractivity contribution in [3.8, 4) is 0 Å². The van der Waals surface area contributed by atoms with Crippen LogP contribution in [0.1, 0.15) is 18.5 Å². The summed E-state index contributed by atoms with van der Waals surface area (Å²) in [5.41, 5.74) is 3.56. The summed E-state index contributed by atoms with van der Waals surface area (Å²) in [6, 6.07) is 6.20. The molecule has 0 radical (unpaired) electrons. The van der Waals surface area contributed by atoms with E-state index < -0.39 is 29.2 Å². The van der Waals surface area contributed by atoms with Gasteiger partial charge in [-0.1, -0.05) is 29.8 Å². The molecule has 6 nitrogen and oxygen atoms in total. The quantitative estimate of drug-likeness (QED) is 0.642. The van der Waals surface area contributed by atoms with Gasteiger partial charge in [-0.3, -0.25) is 9.59 Å². The second-order valence-corrected chi connectivity index (χ2v) is 5.96. The van der Waals surface area contributed by atoms with Crippen LogP contribution in [0, 0.1) is 0 Å². The zero-order valence-corrected chi connectivity index (χ0v) is 13.7. The van der Waals surface area contributed by atoms with E-state index in [1.807, 2.05) is 0 Å². The minimum atomic E-state index is -2.61. The number of ketones is 1. The Morgan fingerprint density at radius 1 is 1.41 bits per heavy atom. The van der Waals surface area contributed by atoms with Gasteiger partial charge in [0.15, 0.2) is 5.78 Å². The second-order valence-electron chi connectivity index (χ2n) is 4.69. The van der Waals surface area contributed by atoms with Crippen molar-refractivity contribution in [3.63, 3.8) is 0 Å². The van der Waals surface area contributed by atoms with Crippen LogP contribution in [0.5, 0.6) is 0 Å². The average molecular weight is 345 g/mol. The number of carbonyl (C=O) groups is 3. The van der Waals surface area contributed by atoms with Gasteiger partial charge in [-0.05, 0) is 24.8 Å². The number of carboxylic acids is 1. The lowest BCUT2D eigenvalue weighted by Gasteiger charge is -2.25. The van der Waals surface area contributed by atoms with E-state index in [0.717, 1.165) is 11.8 Å². The Bertz CT molecular complexity index is 596. The summed E-state index contributed by atoms with van der Waals surface area (Å²) >= 11 is 7.12. The molecule has 0 saturated heterocycles. The van der Waals surface area contributed by atoms with Gasteiger partial charge in [-0.25, -0.2) is 4.79 Å². The molecule has 2 atom stereocenters. The van der Waals surface area contributed by atoms with E-state index in [1.165, 1.54) is 0 Å². The SMILES string of the molecule is CSCC(=O)C(N)(C(=O)O)C(=O)NC(C)c1ccccc1Cl. The van der Waals surface area contributed by atoms with E-state index in [-0.39, 0.29) is 5.75 Å². The van der Waals surface area contributed by atoms with Crippen LogP contribution in [0.2, 0.25) is 5.02 Å². The van der Waals surface area contributed by atoms with Crippen LogP contribution in [-0.2, 0) is 14.4 Å². The Hall–Kier alpha value is -1.57. The molecule has 0 fully saturated rings. The van der Waals surface area contributed by atoms with Gasteiger partial charge < -0.3 is 16.2 Å². The first-order chi connectivity index (χ1) is 10.2. The highest BCUT2D eigenvalue weighted by Gasteiger charge is 2.49. The predicted octanol–water partition coefficient (Wildman–Crippen LogP) is 1.23. The van der Waals surface area contributed by atoms with Crippen molar-refractivity contribution in [1.29, 1.82) is 0 Å². The topological polar surface area (TPSA) is 109 Å². The van der Waals surface area contributed by atoms with Gasteiger partial charge in [0.25, 0.3) is 11.4 Å². The summed E-state index contributed by atoms with van der Waals surface area (Å²) in [6.07, 6.45) is 1.62. The summed E-state index contributed by atoms with van der Waals surface area (Å²) in [5.74, 6) is -3.78. The van der Waals surface area contributed by atoms with Crippen molar-refractivity contribution in [2.24, 2.45) is 5.73 Å². The number of aliphatic carboxylic acids is 1. The molecule has 120 valence electrons. The molecule has 8 heteroatoms. The van der Waals surface area contributed by atoms with Crippen LogP contribution in [0.4, 0.5) is 0 Å². The molecule has 4 N–H and O–H groups in total. The van der Waals surface area contributed by atoms with E-state index in [0.29, 0.717) is 10.6 Å². The summed E-state index contributed by atoms with van der Waals surface area (Å²) in [5, 5.41) is 12.1. The summed E-state index contributed by atoms with van der Waals surface area (Å²) in [4.78, 5) is 35.5. The van der Waals surface area contributed by atoms with E-state index in [9.17, 15) is 19.5 Å². The van der Waals surface area contributed by atoms with Gasteiger partial charge in [0.1, 0.15) is 0 Å². The number of thioether (sulfide) groups is 1. The minimum absolute atomic E-state index is 0.170. The maximum atomic E-state index is 12.2. The van der Waals surface area contributed by atoms with E-state index >= 15 is 0 Å². The number of hydrogen-bond acceptors (Lipinski definition) is 5. The number of rotatable bonds is 7. The number of Topliss-reactive ketones (excluding diaryl/α,β-unsaturated/α-hetero) is 1. The van der Waals surface area contributed by atoms with E-state index in [4.69, 9.17) is 17.3 Å². The molecule has 0 aliphatic carbocycles. The normalized spacial score (nSPS) is 14.7. The Kier molecular flexibility index (Phi) is 6.40. The first kappa shape index (κ1) is 18.5. The summed E-state index contributed by atoms with van der Waals surface area (Å²) in [7, 11) is 0. The fourth-order valence-electron chi connectivity index (χ4n) is 1.80. The predicted molar refractivity (Wildman–Crippen MR) is 86.0 cm³/mol. The van der Waals surface area contributed by atoms with Gasteiger partial charge in [0.2, 0.25) is 0 Å². The first-order valence-corrected chi connectivity index (χ1v) is 8.12. The molecule has 0 spiro atoms. The molecule has 0 saturated carbocycles. The molecule has 0 heterocycles. The highest BCUT2D eigenvalue weighted by molar-refractivity contribution is 7.99. The van der Waals surface area contributed by atoms with Crippen LogP contribution in [0.25, 0.3) is 0 Å². The monoisotopic (exact) mass is 344 g/mol. The molecule has 1 aromatic carbocycles.